The van der Waals surface area contributed by atoms with Gasteiger partial charge in [0.15, 0.2) is 5.43 Å². The number of hydrogen-bond donors (Lipinski definition) is 1. The zero-order valence-electron chi connectivity index (χ0n) is 18.9. The number of hydrogen-bond acceptors (Lipinski definition) is 2. The minimum absolute atomic E-state index is 0.0732. The quantitative estimate of drug-likeness (QED) is 0.378. The molecule has 166 valence electrons. The van der Waals surface area contributed by atoms with Crippen LogP contribution in [0.3, 0.4) is 0 Å². The van der Waals surface area contributed by atoms with Crippen molar-refractivity contribution < 1.29 is 4.79 Å². The number of nitrogens with one attached hydrogen (secondary N) is 1. The second kappa shape index (κ2) is 9.47. The molecule has 1 N–H and O–H groups in total. The molecule has 3 aromatic carbocycles. The van der Waals surface area contributed by atoms with E-state index in [-0.39, 0.29) is 11.0 Å². The van der Waals surface area contributed by atoms with Crippen molar-refractivity contribution in [1.29, 1.82) is 0 Å². The molecule has 0 saturated carbocycles. The largest absolute Gasteiger partial charge is 0.340 e. The third-order valence-corrected chi connectivity index (χ3v) is 6.06. The molecule has 1 heterocycles. The molecule has 0 aliphatic rings. The number of pyridine rings is 1. The Balaban J connectivity index is 1.93. The molecule has 1 aromatic heterocycles. The molecule has 4 aromatic rings. The Morgan fingerprint density at radius 2 is 1.58 bits per heavy atom. The lowest BCUT2D eigenvalue weighted by molar-refractivity contribution is 0.102. The number of nitrogens with zero attached hydrogens (tertiary/aromatic N) is 1. The summed E-state index contributed by atoms with van der Waals surface area (Å²) in [5.74, 6) is -0.457. The number of aromatic nitrogens is 1. The first kappa shape index (κ1) is 22.6. The summed E-state index contributed by atoms with van der Waals surface area (Å²) in [7, 11) is 0. The molecule has 33 heavy (non-hydrogen) atoms. The molecule has 0 atom stereocenters. The van der Waals surface area contributed by atoms with Crippen LogP contribution >= 0.6 is 11.6 Å². The van der Waals surface area contributed by atoms with Crippen molar-refractivity contribution in [1.82, 2.24) is 4.57 Å². The van der Waals surface area contributed by atoms with Gasteiger partial charge in [-0.15, -0.1) is 0 Å². The van der Waals surface area contributed by atoms with E-state index in [4.69, 9.17) is 11.6 Å². The molecule has 0 radical (unpaired) electrons. The topological polar surface area (TPSA) is 51.1 Å². The number of aryl methyl sites for hydroxylation is 3. The van der Waals surface area contributed by atoms with E-state index in [9.17, 15) is 9.59 Å². The van der Waals surface area contributed by atoms with Gasteiger partial charge < -0.3 is 9.88 Å². The highest BCUT2D eigenvalue weighted by Gasteiger charge is 2.23. The summed E-state index contributed by atoms with van der Waals surface area (Å²) in [6.07, 6.45) is 0. The van der Waals surface area contributed by atoms with Crippen LogP contribution in [0.2, 0.25) is 5.02 Å². The maximum absolute atomic E-state index is 13.5. The Labute approximate surface area is 198 Å². The summed E-state index contributed by atoms with van der Waals surface area (Å²) < 4.78 is 1.99. The molecular weight excluding hydrogens is 432 g/mol. The van der Waals surface area contributed by atoms with E-state index in [1.54, 1.807) is 6.07 Å². The molecule has 0 saturated heterocycles. The second-order valence-corrected chi connectivity index (χ2v) is 8.60. The van der Waals surface area contributed by atoms with E-state index in [1.165, 1.54) is 11.6 Å². The molecule has 4 rings (SSSR count). The fraction of sp³-hybridized carbons (Fsp3) is 0.143. The lowest BCUT2D eigenvalue weighted by Crippen LogP contribution is -2.27. The summed E-state index contributed by atoms with van der Waals surface area (Å²) in [4.78, 5) is 26.7. The number of para-hydroxylation sites is 1. The minimum Gasteiger partial charge on any atom is -0.340 e. The molecule has 0 unspecified atom stereocenters. The van der Waals surface area contributed by atoms with Gasteiger partial charge in [-0.3, -0.25) is 9.59 Å². The Kier molecular flexibility index (Phi) is 6.47. The normalized spacial score (nSPS) is 10.8. The van der Waals surface area contributed by atoms with E-state index in [1.807, 2.05) is 79.9 Å². The summed E-state index contributed by atoms with van der Waals surface area (Å²) in [6, 6.07) is 24.5. The number of anilines is 1. The fourth-order valence-electron chi connectivity index (χ4n) is 3.90. The molecule has 5 heteroatoms. The third-order valence-electron chi connectivity index (χ3n) is 5.73. The van der Waals surface area contributed by atoms with E-state index in [2.05, 4.69) is 17.4 Å². The third kappa shape index (κ3) is 4.76. The van der Waals surface area contributed by atoms with Gasteiger partial charge in [-0.25, -0.2) is 0 Å². The summed E-state index contributed by atoms with van der Waals surface area (Å²) in [5, 5.41) is 3.40. The second-order valence-electron chi connectivity index (χ2n) is 8.19. The van der Waals surface area contributed by atoms with Gasteiger partial charge in [0.1, 0.15) is 5.56 Å². The van der Waals surface area contributed by atoms with Gasteiger partial charge in [0.05, 0.1) is 5.69 Å². The van der Waals surface area contributed by atoms with Crippen LogP contribution < -0.4 is 10.7 Å². The number of halogens is 1. The number of carbonyl (C=O) groups excluding carboxylic acids is 1. The van der Waals surface area contributed by atoms with Crippen LogP contribution in [0.25, 0.3) is 11.3 Å². The predicted molar refractivity (Wildman–Crippen MR) is 135 cm³/mol. The van der Waals surface area contributed by atoms with Crippen molar-refractivity contribution in [3.63, 3.8) is 0 Å². The van der Waals surface area contributed by atoms with Gasteiger partial charge in [0, 0.05) is 34.6 Å². The molecule has 0 spiro atoms. The SMILES string of the molecule is Cc1ccc(Cn2c(C)cc(=O)c(C(=O)Nc3ccccc3C)c2-c2ccccc2Cl)cc1. The van der Waals surface area contributed by atoms with Crippen LogP contribution in [0.4, 0.5) is 5.69 Å². The van der Waals surface area contributed by atoms with Crippen molar-refractivity contribution in [2.45, 2.75) is 27.3 Å². The summed E-state index contributed by atoms with van der Waals surface area (Å²) in [5.41, 5.74) is 5.45. The highest BCUT2D eigenvalue weighted by atomic mass is 35.5. The van der Waals surface area contributed by atoms with E-state index in [0.717, 1.165) is 16.8 Å². The van der Waals surface area contributed by atoms with Crippen molar-refractivity contribution in [3.8, 4) is 11.3 Å². The standard InChI is InChI=1S/C28H25ClN2O2/c1-18-12-14-21(15-13-18)17-31-20(3)16-25(32)26(27(31)22-9-5-6-10-23(22)29)28(33)30-24-11-7-4-8-19(24)2/h4-16H,17H2,1-3H3,(H,30,33). The van der Waals surface area contributed by atoms with Crippen LogP contribution in [-0.4, -0.2) is 10.5 Å². The average molecular weight is 457 g/mol. The van der Waals surface area contributed by atoms with Crippen molar-refractivity contribution >= 4 is 23.2 Å². The maximum Gasteiger partial charge on any atom is 0.261 e. The van der Waals surface area contributed by atoms with Gasteiger partial charge in [-0.05, 0) is 44.0 Å². The Bertz CT molecular complexity index is 1390. The van der Waals surface area contributed by atoms with Crippen LogP contribution in [0.1, 0.15) is 32.7 Å². The van der Waals surface area contributed by atoms with E-state index < -0.39 is 5.91 Å². The molecule has 0 aliphatic heterocycles. The van der Waals surface area contributed by atoms with Crippen LogP contribution in [0, 0.1) is 20.8 Å². The van der Waals surface area contributed by atoms with Crippen molar-refractivity contribution in [2.24, 2.45) is 0 Å². The van der Waals surface area contributed by atoms with Gasteiger partial charge in [-0.1, -0.05) is 77.8 Å². The van der Waals surface area contributed by atoms with E-state index >= 15 is 0 Å². The molecule has 0 aliphatic carbocycles. The van der Waals surface area contributed by atoms with E-state index in [0.29, 0.717) is 28.5 Å². The number of rotatable bonds is 5. The molecule has 0 bridgehead atoms. The highest BCUT2D eigenvalue weighted by Crippen LogP contribution is 2.31. The first-order chi connectivity index (χ1) is 15.8. The van der Waals surface area contributed by atoms with Gasteiger partial charge in [-0.2, -0.15) is 0 Å². The number of benzene rings is 3. The Hall–Kier alpha value is -3.63. The van der Waals surface area contributed by atoms with Gasteiger partial charge >= 0.3 is 0 Å². The van der Waals surface area contributed by atoms with Crippen molar-refractivity contribution in [3.05, 3.63) is 122 Å². The molecular formula is C28H25ClN2O2. The van der Waals surface area contributed by atoms with Gasteiger partial charge in [0.25, 0.3) is 5.91 Å². The zero-order valence-corrected chi connectivity index (χ0v) is 19.6. The first-order valence-electron chi connectivity index (χ1n) is 10.8. The van der Waals surface area contributed by atoms with Gasteiger partial charge in [0.2, 0.25) is 0 Å². The highest BCUT2D eigenvalue weighted by molar-refractivity contribution is 6.33. The average Bonchev–Trinajstić information content (AvgIpc) is 2.78. The first-order valence-corrected chi connectivity index (χ1v) is 11.1. The summed E-state index contributed by atoms with van der Waals surface area (Å²) >= 11 is 6.57. The Morgan fingerprint density at radius 3 is 2.27 bits per heavy atom. The zero-order chi connectivity index (χ0) is 23.5. The fourth-order valence-corrected chi connectivity index (χ4v) is 4.12. The van der Waals surface area contributed by atoms with Crippen LogP contribution in [0.15, 0.2) is 83.7 Å². The predicted octanol–water partition coefficient (Wildman–Crippen LogP) is 6.39. The monoisotopic (exact) mass is 456 g/mol. The lowest BCUT2D eigenvalue weighted by Gasteiger charge is -2.21. The number of carbonyl (C=O) groups is 1. The Morgan fingerprint density at radius 1 is 0.909 bits per heavy atom. The molecule has 1 amide bonds. The molecule has 4 nitrogen and oxygen atoms in total. The van der Waals surface area contributed by atoms with Crippen LogP contribution in [-0.2, 0) is 6.54 Å². The summed E-state index contributed by atoms with van der Waals surface area (Å²) in [6.45, 7) is 6.32. The lowest BCUT2D eigenvalue weighted by atomic mass is 10.0. The van der Waals surface area contributed by atoms with Crippen molar-refractivity contribution in [2.75, 3.05) is 5.32 Å². The van der Waals surface area contributed by atoms with Crippen LogP contribution in [0.5, 0.6) is 0 Å². The smallest absolute Gasteiger partial charge is 0.261 e. The maximum atomic E-state index is 13.5. The number of amides is 1. The molecule has 0 fully saturated rings. The minimum atomic E-state index is -0.457.